The molecule has 0 atom stereocenters. The third-order valence-electron chi connectivity index (χ3n) is 9.53. The summed E-state index contributed by atoms with van der Waals surface area (Å²) in [5.74, 6) is 0.463. The number of pyridine rings is 1. The van der Waals surface area contributed by atoms with E-state index in [2.05, 4.69) is 78.3 Å². The van der Waals surface area contributed by atoms with Gasteiger partial charge < -0.3 is 24.2 Å². The van der Waals surface area contributed by atoms with Crippen molar-refractivity contribution in [2.45, 2.75) is 95.0 Å². The molecule has 5 rings (SSSR count). The van der Waals surface area contributed by atoms with Crippen LogP contribution in [0.3, 0.4) is 0 Å². The molecule has 4 aromatic rings. The molecule has 3 heterocycles. The van der Waals surface area contributed by atoms with Gasteiger partial charge in [0.1, 0.15) is 13.5 Å². The number of nitrogens with zero attached hydrogens (tertiary/aromatic N) is 5. The molecular weight excluding hydrogens is 743 g/mol. The summed E-state index contributed by atoms with van der Waals surface area (Å²) in [6.07, 6.45) is 6.02. The summed E-state index contributed by atoms with van der Waals surface area (Å²) in [6, 6.07) is 16.3. The second-order valence-electron chi connectivity index (χ2n) is 16.2. The van der Waals surface area contributed by atoms with Crippen LogP contribution in [0.4, 0.5) is 5.82 Å². The number of carbonyl (C=O) groups excluding carboxylic acids is 1. The molecule has 0 aliphatic heterocycles. The first-order valence-electron chi connectivity index (χ1n) is 17.9. The topological polar surface area (TPSA) is 111 Å². The minimum absolute atomic E-state index is 0.00878. The molecule has 3 aromatic heterocycles. The van der Waals surface area contributed by atoms with E-state index in [0.717, 1.165) is 50.5 Å². The monoisotopic (exact) mass is 795 g/mol. The van der Waals surface area contributed by atoms with Crippen molar-refractivity contribution in [3.05, 3.63) is 65.0 Å². The van der Waals surface area contributed by atoms with E-state index in [1.54, 1.807) is 0 Å². The fourth-order valence-electron chi connectivity index (χ4n) is 6.27. The maximum Gasteiger partial charge on any atom is 0.308 e. The third kappa shape index (κ3) is 10.6. The number of rotatable bonds is 16. The van der Waals surface area contributed by atoms with Crippen molar-refractivity contribution in [2.75, 3.05) is 38.7 Å². The van der Waals surface area contributed by atoms with Crippen molar-refractivity contribution < 1.29 is 24.1 Å². The Morgan fingerprint density at radius 2 is 1.57 bits per heavy atom. The molecule has 0 saturated heterocycles. The Balaban J connectivity index is 1.54. The number of ether oxygens (including phenoxy) is 3. The summed E-state index contributed by atoms with van der Waals surface area (Å²) in [4.78, 5) is 24.3. The van der Waals surface area contributed by atoms with Crippen molar-refractivity contribution in [1.29, 1.82) is 0 Å². The molecule has 13 heteroatoms. The van der Waals surface area contributed by atoms with Gasteiger partial charge in [-0.1, -0.05) is 75.7 Å². The molecule has 1 aliphatic rings. The molecule has 1 aromatic carbocycles. The molecule has 1 fully saturated rings. The van der Waals surface area contributed by atoms with Gasteiger partial charge in [-0.25, -0.2) is 4.98 Å². The van der Waals surface area contributed by atoms with E-state index >= 15 is 0 Å². The van der Waals surface area contributed by atoms with Crippen molar-refractivity contribution in [2.24, 2.45) is 0 Å². The number of hydrogen-bond donors (Lipinski definition) is 1. The summed E-state index contributed by atoms with van der Waals surface area (Å²) in [6.45, 7) is 16.1. The van der Waals surface area contributed by atoms with Crippen LogP contribution in [-0.4, -0.2) is 86.2 Å². The van der Waals surface area contributed by atoms with Gasteiger partial charge in [-0.05, 0) is 59.8 Å². The molecule has 0 spiro atoms. The number of halogens is 1. The van der Waals surface area contributed by atoms with Crippen LogP contribution in [0.15, 0.2) is 59.3 Å². The normalized spacial score (nSPS) is 18.3. The number of benzene rings is 1. The second-order valence-corrected chi connectivity index (χ2v) is 28.2. The van der Waals surface area contributed by atoms with Crippen LogP contribution in [0.1, 0.15) is 43.7 Å². The highest BCUT2D eigenvalue weighted by atomic mass is 79.9. The molecule has 276 valence electrons. The Morgan fingerprint density at radius 1 is 0.941 bits per heavy atom. The zero-order valence-electron chi connectivity index (χ0n) is 31.2. The second kappa shape index (κ2) is 16.8. The minimum atomic E-state index is -1.29. The van der Waals surface area contributed by atoms with Gasteiger partial charge in [0.2, 0.25) is 0 Å². The van der Waals surface area contributed by atoms with E-state index in [9.17, 15) is 9.90 Å². The lowest BCUT2D eigenvalue weighted by atomic mass is 9.76. The summed E-state index contributed by atoms with van der Waals surface area (Å²) in [5, 5.41) is 16.2. The lowest BCUT2D eigenvalue weighted by Gasteiger charge is -2.36. The third-order valence-corrected chi connectivity index (χ3v) is 13.7. The van der Waals surface area contributed by atoms with Crippen LogP contribution in [0, 0.1) is 0 Å². The Labute approximate surface area is 313 Å². The number of carbonyl (C=O) groups is 1. The highest BCUT2D eigenvalue weighted by Crippen LogP contribution is 2.44. The van der Waals surface area contributed by atoms with E-state index < -0.39 is 27.7 Å². The van der Waals surface area contributed by atoms with Crippen molar-refractivity contribution in [3.63, 3.8) is 0 Å². The quantitative estimate of drug-likeness (QED) is 0.0516. The van der Waals surface area contributed by atoms with Gasteiger partial charge in [0.05, 0.1) is 41.2 Å². The van der Waals surface area contributed by atoms with Gasteiger partial charge in [-0.15, -0.1) is 0 Å². The number of hydrogen-bond acceptors (Lipinski definition) is 9. The SMILES string of the molecule is COC(=O)C[C@]1(O)CC[C@H](c2nc3c(-c4ccc(-c5ccccc5)nc4)cnn3c(N(COCC[Si](C)(C)C)COCC[Si](C)(C)C)c2Br)CC1. The maximum atomic E-state index is 12.1. The van der Waals surface area contributed by atoms with Crippen LogP contribution in [0.2, 0.25) is 51.4 Å². The molecule has 1 saturated carbocycles. The maximum absolute atomic E-state index is 12.1. The molecule has 10 nitrogen and oxygen atoms in total. The summed E-state index contributed by atoms with van der Waals surface area (Å²) >= 11 is 3.99. The summed E-state index contributed by atoms with van der Waals surface area (Å²) in [5.41, 5.74) is 4.25. The lowest BCUT2D eigenvalue weighted by molar-refractivity contribution is -0.147. The van der Waals surface area contributed by atoms with Gasteiger partial charge in [-0.2, -0.15) is 9.61 Å². The first-order chi connectivity index (χ1) is 24.2. The number of aromatic nitrogens is 4. The molecule has 1 N–H and O–H groups in total. The Morgan fingerprint density at radius 3 is 2.12 bits per heavy atom. The number of methoxy groups -OCH3 is 1. The van der Waals surface area contributed by atoms with Crippen LogP contribution in [0.25, 0.3) is 28.0 Å². The number of fused-ring (bicyclic) bond motifs is 1. The molecule has 0 unspecified atom stereocenters. The van der Waals surface area contributed by atoms with Crippen molar-refractivity contribution in [3.8, 4) is 22.4 Å². The van der Waals surface area contributed by atoms with Gasteiger partial charge in [-0.3, -0.25) is 9.78 Å². The average Bonchev–Trinajstić information content (AvgIpc) is 3.51. The highest BCUT2D eigenvalue weighted by molar-refractivity contribution is 9.10. The van der Waals surface area contributed by atoms with Crippen LogP contribution in [-0.2, 0) is 19.0 Å². The molecule has 0 amide bonds. The minimum Gasteiger partial charge on any atom is -0.469 e. The molecular formula is C38H54BrN5O5Si2. The average molecular weight is 797 g/mol. The Hall–Kier alpha value is -2.95. The van der Waals surface area contributed by atoms with Gasteiger partial charge in [0.15, 0.2) is 11.5 Å². The summed E-state index contributed by atoms with van der Waals surface area (Å²) < 4.78 is 20.3. The van der Waals surface area contributed by atoms with Gasteiger partial charge >= 0.3 is 5.97 Å². The Bertz CT molecular complexity index is 1730. The van der Waals surface area contributed by atoms with Gasteiger partial charge in [0.25, 0.3) is 0 Å². The van der Waals surface area contributed by atoms with Gasteiger partial charge in [0, 0.05) is 58.2 Å². The first kappa shape index (κ1) is 39.3. The lowest BCUT2D eigenvalue weighted by Crippen LogP contribution is -2.37. The van der Waals surface area contributed by atoms with E-state index in [1.165, 1.54) is 7.11 Å². The Kier molecular flexibility index (Phi) is 12.9. The number of anilines is 1. The van der Waals surface area contributed by atoms with Crippen LogP contribution < -0.4 is 4.90 Å². The highest BCUT2D eigenvalue weighted by Gasteiger charge is 2.38. The number of esters is 1. The van der Waals surface area contributed by atoms with E-state index in [0.29, 0.717) is 58.0 Å². The zero-order chi connectivity index (χ0) is 36.8. The van der Waals surface area contributed by atoms with E-state index in [-0.39, 0.29) is 12.3 Å². The summed E-state index contributed by atoms with van der Waals surface area (Å²) in [7, 11) is -1.23. The van der Waals surface area contributed by atoms with E-state index in [4.69, 9.17) is 29.3 Å². The smallest absolute Gasteiger partial charge is 0.308 e. The zero-order valence-corrected chi connectivity index (χ0v) is 34.8. The predicted octanol–water partition coefficient (Wildman–Crippen LogP) is 8.60. The standard InChI is InChI=1S/C38H54BrN5O5Si2/c1-47-33(45)23-38(46)17-15-29(16-18-38)35-34(39)37(43(26-48-19-21-50(2,3)4)27-49-20-22-51(5,6)7)44-36(42-35)31(25-41-44)30-13-14-32(40-24-30)28-11-9-8-10-12-28/h8-14,24-25,29,46H,15-23,26-27H2,1-7H3/t29-,38-. The molecule has 0 bridgehead atoms. The number of aliphatic hydroxyl groups is 1. The molecule has 1 aliphatic carbocycles. The molecule has 0 radical (unpaired) electrons. The molecule has 51 heavy (non-hydrogen) atoms. The fourth-order valence-corrected chi connectivity index (χ4v) is 8.61. The van der Waals surface area contributed by atoms with Crippen molar-refractivity contribution in [1.82, 2.24) is 19.6 Å². The van der Waals surface area contributed by atoms with Crippen molar-refractivity contribution >= 4 is 49.5 Å². The largest absolute Gasteiger partial charge is 0.469 e. The van der Waals surface area contributed by atoms with E-state index in [1.807, 2.05) is 41.2 Å². The fraction of sp³-hybridized carbons (Fsp3) is 0.526. The first-order valence-corrected chi connectivity index (χ1v) is 26.2. The van der Waals surface area contributed by atoms with Crippen LogP contribution >= 0.6 is 15.9 Å². The predicted molar refractivity (Wildman–Crippen MR) is 213 cm³/mol. The van der Waals surface area contributed by atoms with Crippen LogP contribution in [0.5, 0.6) is 0 Å².